The molecule has 0 spiro atoms. The van der Waals surface area contributed by atoms with Crippen molar-refractivity contribution in [2.45, 2.75) is 0 Å². The number of rotatable bonds is 0. The maximum atomic E-state index is 5.53. The first-order valence-electron chi connectivity index (χ1n) is 2.05. The van der Waals surface area contributed by atoms with Gasteiger partial charge in [-0.15, -0.1) is 0 Å². The van der Waals surface area contributed by atoms with Gasteiger partial charge < -0.3 is 0 Å². The zero-order valence-electron chi connectivity index (χ0n) is 4.06. The monoisotopic (exact) mass is 117 g/mol. The maximum absolute atomic E-state index is 5.53. The molecule has 39 valence electrons. The molecule has 0 N–H and O–H groups in total. The molecule has 1 aliphatic rings. The van der Waals surface area contributed by atoms with Crippen molar-refractivity contribution < 1.29 is 0 Å². The summed E-state index contributed by atoms with van der Waals surface area (Å²) in [6, 6.07) is 0. The molecule has 1 heterocycles. The Morgan fingerprint density at radius 1 is 2.00 bits per heavy atom. The van der Waals surface area contributed by atoms with Crippen molar-refractivity contribution in [2.75, 3.05) is 13.6 Å². The van der Waals surface area contributed by atoms with Gasteiger partial charge in [-0.2, -0.15) is 5.01 Å². The summed E-state index contributed by atoms with van der Waals surface area (Å²) in [7, 11) is 1.88. The van der Waals surface area contributed by atoms with Crippen LogP contribution in [0.15, 0.2) is 11.2 Å². The predicted molar refractivity (Wildman–Crippen MR) is 28.7 cm³/mol. The van der Waals surface area contributed by atoms with Crippen LogP contribution in [0.3, 0.4) is 0 Å². The normalized spacial score (nSPS) is 21.7. The molecular weight excluding hydrogens is 112 g/mol. The van der Waals surface area contributed by atoms with Crippen molar-refractivity contribution in [1.82, 2.24) is 10.4 Å². The van der Waals surface area contributed by atoms with Crippen LogP contribution in [0.2, 0.25) is 0 Å². The highest BCUT2D eigenvalue weighted by Crippen LogP contribution is 2.06. The third kappa shape index (κ3) is 1.08. The van der Waals surface area contributed by atoms with Gasteiger partial charge in [0.15, 0.2) is 0 Å². The number of hydrogen-bond donors (Lipinski definition) is 0. The van der Waals surface area contributed by atoms with Crippen LogP contribution in [0.5, 0.6) is 0 Å². The largest absolute Gasteiger partial charge is 0.206 e. The molecule has 3 heteroatoms. The first kappa shape index (κ1) is 4.94. The van der Waals surface area contributed by atoms with Crippen molar-refractivity contribution in [2.24, 2.45) is 0 Å². The predicted octanol–water partition coefficient (Wildman–Crippen LogP) is 0.531. The van der Waals surface area contributed by atoms with Crippen LogP contribution in [-0.4, -0.2) is 18.6 Å². The Morgan fingerprint density at radius 2 is 2.71 bits per heavy atom. The second-order valence-corrected chi connectivity index (χ2v) is 1.99. The summed E-state index contributed by atoms with van der Waals surface area (Å²) in [5, 5.41) is 2.59. The van der Waals surface area contributed by atoms with E-state index in [4.69, 9.17) is 11.6 Å². The molecule has 0 unspecified atom stereocenters. The van der Waals surface area contributed by atoms with E-state index >= 15 is 0 Å². The molecule has 1 aliphatic heterocycles. The van der Waals surface area contributed by atoms with Gasteiger partial charge in [-0.1, -0.05) is 11.6 Å². The SMILES string of the molecule is CN1CC(Cl)=C[N]1. The molecule has 0 aromatic heterocycles. The zero-order chi connectivity index (χ0) is 5.28. The van der Waals surface area contributed by atoms with Crippen molar-refractivity contribution in [3.63, 3.8) is 0 Å². The van der Waals surface area contributed by atoms with Gasteiger partial charge >= 0.3 is 0 Å². The van der Waals surface area contributed by atoms with E-state index in [0.29, 0.717) is 0 Å². The Hall–Kier alpha value is -0.210. The lowest BCUT2D eigenvalue weighted by Gasteiger charge is -2.01. The molecule has 7 heavy (non-hydrogen) atoms. The maximum Gasteiger partial charge on any atom is 0.0574 e. The molecular formula is C4H6ClN2. The zero-order valence-corrected chi connectivity index (χ0v) is 4.81. The number of halogens is 1. The van der Waals surface area contributed by atoms with Gasteiger partial charge in [0, 0.05) is 7.05 Å². The van der Waals surface area contributed by atoms with Crippen molar-refractivity contribution >= 4 is 11.6 Å². The Bertz CT molecular complexity index is 99.9. The molecule has 2 nitrogen and oxygen atoms in total. The van der Waals surface area contributed by atoms with Gasteiger partial charge in [0.25, 0.3) is 0 Å². The van der Waals surface area contributed by atoms with Gasteiger partial charge in [0.05, 0.1) is 17.8 Å². The molecule has 1 rings (SSSR count). The smallest absolute Gasteiger partial charge is 0.0574 e. The lowest BCUT2D eigenvalue weighted by atomic mass is 10.6. The molecule has 0 bridgehead atoms. The van der Waals surface area contributed by atoms with Crippen LogP contribution in [0, 0.1) is 0 Å². The van der Waals surface area contributed by atoms with Crippen molar-refractivity contribution in [1.29, 1.82) is 0 Å². The molecule has 0 saturated carbocycles. The van der Waals surface area contributed by atoms with Gasteiger partial charge in [-0.05, 0) is 0 Å². The summed E-state index contributed by atoms with van der Waals surface area (Å²) >= 11 is 5.53. The second kappa shape index (κ2) is 1.72. The Balaban J connectivity index is 2.42. The van der Waals surface area contributed by atoms with Gasteiger partial charge in [-0.25, -0.2) is 5.43 Å². The third-order valence-electron chi connectivity index (χ3n) is 0.775. The molecule has 1 radical (unpaired) electrons. The van der Waals surface area contributed by atoms with E-state index in [1.807, 2.05) is 7.05 Å². The van der Waals surface area contributed by atoms with Gasteiger partial charge in [-0.3, -0.25) is 0 Å². The fourth-order valence-corrected chi connectivity index (χ4v) is 0.678. The van der Waals surface area contributed by atoms with E-state index in [-0.39, 0.29) is 0 Å². The van der Waals surface area contributed by atoms with Crippen LogP contribution >= 0.6 is 11.6 Å². The van der Waals surface area contributed by atoms with E-state index < -0.39 is 0 Å². The second-order valence-electron chi connectivity index (χ2n) is 1.51. The Kier molecular flexibility index (Phi) is 1.21. The summed E-state index contributed by atoms with van der Waals surface area (Å²) in [6.07, 6.45) is 1.65. The lowest BCUT2D eigenvalue weighted by molar-refractivity contribution is 0.322. The molecule has 0 aromatic rings. The van der Waals surface area contributed by atoms with Crippen LogP contribution in [0.4, 0.5) is 0 Å². The fraction of sp³-hybridized carbons (Fsp3) is 0.500. The molecule has 0 aromatic carbocycles. The molecule has 0 amide bonds. The highest BCUT2D eigenvalue weighted by molar-refractivity contribution is 6.29. The quantitative estimate of drug-likeness (QED) is 0.453. The molecule has 0 aliphatic carbocycles. The van der Waals surface area contributed by atoms with E-state index in [9.17, 15) is 0 Å². The van der Waals surface area contributed by atoms with Crippen LogP contribution in [0.1, 0.15) is 0 Å². The number of likely N-dealkylation sites (N-methyl/N-ethyl adjacent to an activating group) is 1. The van der Waals surface area contributed by atoms with E-state index in [2.05, 4.69) is 5.43 Å². The number of nitrogens with zero attached hydrogens (tertiary/aromatic N) is 2. The van der Waals surface area contributed by atoms with Crippen LogP contribution in [0.25, 0.3) is 0 Å². The molecule has 0 fully saturated rings. The van der Waals surface area contributed by atoms with Gasteiger partial charge in [0.1, 0.15) is 0 Å². The third-order valence-corrected chi connectivity index (χ3v) is 0.992. The minimum Gasteiger partial charge on any atom is -0.206 e. The van der Waals surface area contributed by atoms with Gasteiger partial charge in [0.2, 0.25) is 0 Å². The first-order valence-corrected chi connectivity index (χ1v) is 2.43. The van der Waals surface area contributed by atoms with Crippen molar-refractivity contribution in [3.8, 4) is 0 Å². The minimum absolute atomic E-state index is 0.765. The molecule has 0 atom stereocenters. The summed E-state index contributed by atoms with van der Waals surface area (Å²) in [4.78, 5) is 0. The highest BCUT2D eigenvalue weighted by Gasteiger charge is 2.06. The first-order chi connectivity index (χ1) is 3.29. The lowest BCUT2D eigenvalue weighted by Crippen LogP contribution is -2.18. The number of hydrogen-bond acceptors (Lipinski definition) is 1. The van der Waals surface area contributed by atoms with E-state index in [0.717, 1.165) is 11.6 Å². The van der Waals surface area contributed by atoms with Crippen LogP contribution in [-0.2, 0) is 0 Å². The minimum atomic E-state index is 0.765. The summed E-state index contributed by atoms with van der Waals surface area (Å²) in [6.45, 7) is 0.765. The average molecular weight is 118 g/mol. The summed E-state index contributed by atoms with van der Waals surface area (Å²) in [5.41, 5.74) is 3.86. The summed E-state index contributed by atoms with van der Waals surface area (Å²) in [5.74, 6) is 0. The Labute approximate surface area is 47.7 Å². The Morgan fingerprint density at radius 3 is 2.86 bits per heavy atom. The highest BCUT2D eigenvalue weighted by atomic mass is 35.5. The topological polar surface area (TPSA) is 17.3 Å². The van der Waals surface area contributed by atoms with E-state index in [1.54, 1.807) is 11.2 Å². The standard InChI is InChI=1S/C4H6ClN2/c1-7-3-4(5)2-6-7/h2H,3H2,1H3. The fourth-order valence-electron chi connectivity index (χ4n) is 0.461. The van der Waals surface area contributed by atoms with Crippen molar-refractivity contribution in [3.05, 3.63) is 11.2 Å². The van der Waals surface area contributed by atoms with E-state index in [1.165, 1.54) is 0 Å². The summed E-state index contributed by atoms with van der Waals surface area (Å²) < 4.78 is 0. The average Bonchev–Trinajstić information content (AvgIpc) is 1.87. The van der Waals surface area contributed by atoms with Crippen LogP contribution < -0.4 is 5.43 Å². The molecule has 0 saturated heterocycles.